The second-order valence-electron chi connectivity index (χ2n) is 7.30. The molecule has 0 bridgehead atoms. The van der Waals surface area contributed by atoms with E-state index in [1.807, 2.05) is 18.2 Å². The number of hydrogen-bond donors (Lipinski definition) is 0. The molecule has 1 saturated carbocycles. The molecule has 0 atom stereocenters. The van der Waals surface area contributed by atoms with Crippen LogP contribution in [0.2, 0.25) is 0 Å². The van der Waals surface area contributed by atoms with E-state index in [0.717, 1.165) is 12.8 Å². The lowest BCUT2D eigenvalue weighted by Crippen LogP contribution is -2.06. The maximum absolute atomic E-state index is 3.85. The summed E-state index contributed by atoms with van der Waals surface area (Å²) in [5.74, 6) is 0. The molecule has 0 aliphatic heterocycles. The molecule has 0 amide bonds. The third-order valence-corrected chi connectivity index (χ3v) is 3.51. The highest BCUT2D eigenvalue weighted by atomic mass is 14.2. The molecule has 0 spiro atoms. The lowest BCUT2D eigenvalue weighted by molar-refractivity contribution is 0.378. The van der Waals surface area contributed by atoms with Gasteiger partial charge in [-0.05, 0) is 41.4 Å². The van der Waals surface area contributed by atoms with Crippen LogP contribution in [0.1, 0.15) is 57.6 Å². The Morgan fingerprint density at radius 2 is 1.73 bits per heavy atom. The van der Waals surface area contributed by atoms with Gasteiger partial charge in [-0.15, -0.1) is 0 Å². The van der Waals surface area contributed by atoms with E-state index in [0.29, 0.717) is 5.41 Å². The van der Waals surface area contributed by atoms with E-state index in [-0.39, 0.29) is 0 Å². The standard InChI is InChI=1S/C19H26.C3H6/c1-6-9-16(7-2)14-18-11-8-10-17(15-18)12-13-19(3,4)5;1-2-3-1/h6-11,15H,1-2,12-14H2,3-5H3;1-3H2/b16-9+;. The maximum Gasteiger partial charge on any atom is -0.00259 e. The van der Waals surface area contributed by atoms with Gasteiger partial charge in [0.25, 0.3) is 0 Å². The zero-order chi connectivity index (χ0) is 16.4. The van der Waals surface area contributed by atoms with Crippen LogP contribution in [0.4, 0.5) is 0 Å². The Morgan fingerprint density at radius 3 is 2.23 bits per heavy atom. The van der Waals surface area contributed by atoms with Crippen LogP contribution in [0, 0.1) is 5.41 Å². The molecule has 0 aromatic heterocycles. The Morgan fingerprint density at radius 1 is 1.09 bits per heavy atom. The molecule has 1 aliphatic rings. The quantitative estimate of drug-likeness (QED) is 0.514. The monoisotopic (exact) mass is 296 g/mol. The van der Waals surface area contributed by atoms with Gasteiger partial charge in [0.15, 0.2) is 0 Å². The summed E-state index contributed by atoms with van der Waals surface area (Å²) in [4.78, 5) is 0. The number of aryl methyl sites for hydroxylation is 1. The van der Waals surface area contributed by atoms with Gasteiger partial charge in [0.2, 0.25) is 0 Å². The first-order valence-corrected chi connectivity index (χ1v) is 8.46. The Labute approximate surface area is 137 Å². The molecule has 2 rings (SSSR count). The first-order chi connectivity index (χ1) is 10.4. The largest absolute Gasteiger partial charge is 0.0991 e. The van der Waals surface area contributed by atoms with E-state index >= 15 is 0 Å². The Bertz CT molecular complexity index is 492. The van der Waals surface area contributed by atoms with Gasteiger partial charge in [-0.25, -0.2) is 0 Å². The summed E-state index contributed by atoms with van der Waals surface area (Å²) in [6.45, 7) is 14.5. The van der Waals surface area contributed by atoms with E-state index < -0.39 is 0 Å². The van der Waals surface area contributed by atoms with Gasteiger partial charge in [-0.2, -0.15) is 0 Å². The van der Waals surface area contributed by atoms with Crippen LogP contribution >= 0.6 is 0 Å². The van der Waals surface area contributed by atoms with E-state index in [4.69, 9.17) is 0 Å². The van der Waals surface area contributed by atoms with E-state index in [9.17, 15) is 0 Å². The molecule has 0 heterocycles. The fraction of sp³-hybridized carbons (Fsp3) is 0.455. The molecular weight excluding hydrogens is 264 g/mol. The summed E-state index contributed by atoms with van der Waals surface area (Å²) >= 11 is 0. The van der Waals surface area contributed by atoms with Crippen molar-refractivity contribution < 1.29 is 0 Å². The molecule has 1 aromatic rings. The average Bonchev–Trinajstić information content (AvgIpc) is 3.33. The molecule has 1 aromatic carbocycles. The van der Waals surface area contributed by atoms with Gasteiger partial charge in [0, 0.05) is 0 Å². The summed E-state index contributed by atoms with van der Waals surface area (Å²) < 4.78 is 0. The first-order valence-electron chi connectivity index (χ1n) is 8.46. The van der Waals surface area contributed by atoms with Crippen molar-refractivity contribution in [1.82, 2.24) is 0 Å². The summed E-state index contributed by atoms with van der Waals surface area (Å²) in [5.41, 5.74) is 4.38. The second kappa shape index (κ2) is 9.46. The highest BCUT2D eigenvalue weighted by Crippen LogP contribution is 2.22. The minimum Gasteiger partial charge on any atom is -0.0991 e. The van der Waals surface area contributed by atoms with Gasteiger partial charge in [0.1, 0.15) is 0 Å². The predicted molar refractivity (Wildman–Crippen MR) is 100 cm³/mol. The Hall–Kier alpha value is -1.56. The van der Waals surface area contributed by atoms with Crippen molar-refractivity contribution in [3.8, 4) is 0 Å². The molecule has 1 aliphatic carbocycles. The molecule has 120 valence electrons. The zero-order valence-electron chi connectivity index (χ0n) is 14.7. The predicted octanol–water partition coefficient (Wildman–Crippen LogP) is 6.68. The smallest absolute Gasteiger partial charge is 0.00259 e. The third kappa shape index (κ3) is 9.39. The van der Waals surface area contributed by atoms with Gasteiger partial charge in [-0.3, -0.25) is 0 Å². The zero-order valence-corrected chi connectivity index (χ0v) is 14.7. The Kier molecular flexibility index (Phi) is 7.95. The second-order valence-corrected chi connectivity index (χ2v) is 7.30. The van der Waals surface area contributed by atoms with Gasteiger partial charge < -0.3 is 0 Å². The first kappa shape index (κ1) is 18.5. The molecular formula is C22H32. The van der Waals surface area contributed by atoms with Crippen LogP contribution in [-0.4, -0.2) is 0 Å². The van der Waals surface area contributed by atoms with Crippen LogP contribution in [0.5, 0.6) is 0 Å². The molecule has 0 N–H and O–H groups in total. The molecule has 0 saturated heterocycles. The molecule has 1 fully saturated rings. The molecule has 0 unspecified atom stereocenters. The molecule has 0 radical (unpaired) electrons. The van der Waals surface area contributed by atoms with Crippen molar-refractivity contribution in [3.63, 3.8) is 0 Å². The van der Waals surface area contributed by atoms with Crippen molar-refractivity contribution in [3.05, 3.63) is 72.4 Å². The van der Waals surface area contributed by atoms with Crippen molar-refractivity contribution in [2.24, 2.45) is 5.41 Å². The summed E-state index contributed by atoms with van der Waals surface area (Å²) in [6.07, 6.45) is 13.5. The minimum atomic E-state index is 0.394. The van der Waals surface area contributed by atoms with Crippen molar-refractivity contribution >= 4 is 0 Å². The fourth-order valence-corrected chi connectivity index (χ4v) is 2.00. The highest BCUT2D eigenvalue weighted by molar-refractivity contribution is 5.32. The molecule has 0 heteroatoms. The van der Waals surface area contributed by atoms with Crippen LogP contribution in [0.15, 0.2) is 61.2 Å². The van der Waals surface area contributed by atoms with Crippen LogP contribution < -0.4 is 0 Å². The summed E-state index contributed by atoms with van der Waals surface area (Å²) in [6, 6.07) is 8.87. The third-order valence-electron chi connectivity index (χ3n) is 3.51. The normalized spacial score (nSPS) is 13.9. The molecule has 22 heavy (non-hydrogen) atoms. The topological polar surface area (TPSA) is 0 Å². The van der Waals surface area contributed by atoms with Crippen LogP contribution in [-0.2, 0) is 12.8 Å². The van der Waals surface area contributed by atoms with Crippen molar-refractivity contribution in [2.45, 2.75) is 59.3 Å². The lowest BCUT2D eigenvalue weighted by atomic mass is 9.88. The average molecular weight is 296 g/mol. The van der Waals surface area contributed by atoms with E-state index in [1.165, 1.54) is 42.4 Å². The van der Waals surface area contributed by atoms with E-state index in [1.54, 1.807) is 0 Å². The van der Waals surface area contributed by atoms with Gasteiger partial charge >= 0.3 is 0 Å². The fourth-order valence-electron chi connectivity index (χ4n) is 2.00. The van der Waals surface area contributed by atoms with Gasteiger partial charge in [-0.1, -0.05) is 95.7 Å². The Balaban J connectivity index is 0.000000714. The van der Waals surface area contributed by atoms with E-state index in [2.05, 4.69) is 58.2 Å². The number of benzene rings is 1. The minimum absolute atomic E-state index is 0.394. The molecule has 0 nitrogen and oxygen atoms in total. The number of rotatable bonds is 6. The summed E-state index contributed by atoms with van der Waals surface area (Å²) in [7, 11) is 0. The number of allylic oxidation sites excluding steroid dienone is 4. The van der Waals surface area contributed by atoms with Crippen LogP contribution in [0.25, 0.3) is 0 Å². The van der Waals surface area contributed by atoms with Crippen molar-refractivity contribution in [2.75, 3.05) is 0 Å². The van der Waals surface area contributed by atoms with Crippen LogP contribution in [0.3, 0.4) is 0 Å². The maximum atomic E-state index is 3.85. The number of hydrogen-bond acceptors (Lipinski definition) is 0. The lowest BCUT2D eigenvalue weighted by Gasteiger charge is -2.18. The highest BCUT2D eigenvalue weighted by Gasteiger charge is 2.10. The van der Waals surface area contributed by atoms with Crippen molar-refractivity contribution in [1.29, 1.82) is 0 Å². The summed E-state index contributed by atoms with van der Waals surface area (Å²) in [5, 5.41) is 0. The SMILES string of the molecule is C1CC1.C=C/C=C(\C=C)Cc1cccc(CCC(C)(C)C)c1. The van der Waals surface area contributed by atoms with Gasteiger partial charge in [0.05, 0.1) is 0 Å².